The Labute approximate surface area is 108 Å². The molecule has 0 amide bonds. The van der Waals surface area contributed by atoms with Gasteiger partial charge in [-0.05, 0) is 30.9 Å². The Balaban J connectivity index is 2.14. The Morgan fingerprint density at radius 3 is 2.44 bits per heavy atom. The molecule has 0 heterocycles. The Hall–Kier alpha value is -1.09. The smallest absolute Gasteiger partial charge is 0.132 e. The minimum absolute atomic E-state index is 0.190. The normalized spacial score (nSPS) is 19.3. The molecule has 1 saturated carbocycles. The molecule has 1 N–H and O–H groups in total. The van der Waals surface area contributed by atoms with Crippen molar-refractivity contribution >= 4 is 0 Å². The lowest BCUT2D eigenvalue weighted by Gasteiger charge is -2.22. The molecule has 0 radical (unpaired) electrons. The summed E-state index contributed by atoms with van der Waals surface area (Å²) in [5.41, 5.74) is 0.405. The average Bonchev–Trinajstić information content (AvgIpc) is 2.66. The maximum absolute atomic E-state index is 13.9. The van der Waals surface area contributed by atoms with Gasteiger partial charge >= 0.3 is 0 Å². The summed E-state index contributed by atoms with van der Waals surface area (Å²) in [6, 6.07) is 4.69. The minimum Gasteiger partial charge on any atom is -0.497 e. The second kappa shape index (κ2) is 6.19. The Bertz CT molecular complexity index is 384. The van der Waals surface area contributed by atoms with Crippen molar-refractivity contribution in [2.75, 3.05) is 7.11 Å². The number of methoxy groups -OCH3 is 1. The van der Waals surface area contributed by atoms with Crippen molar-refractivity contribution in [3.63, 3.8) is 0 Å². The van der Waals surface area contributed by atoms with Crippen molar-refractivity contribution in [3.8, 4) is 5.75 Å². The van der Waals surface area contributed by atoms with Crippen LogP contribution < -0.4 is 4.74 Å². The van der Waals surface area contributed by atoms with Crippen LogP contribution in [0.2, 0.25) is 0 Å². The van der Waals surface area contributed by atoms with Crippen molar-refractivity contribution in [1.29, 1.82) is 0 Å². The first-order valence-electron chi connectivity index (χ1n) is 6.74. The highest BCUT2D eigenvalue weighted by Crippen LogP contribution is 2.35. The van der Waals surface area contributed by atoms with Crippen LogP contribution in [-0.2, 0) is 0 Å². The summed E-state index contributed by atoms with van der Waals surface area (Å²) in [6.45, 7) is 0. The zero-order chi connectivity index (χ0) is 13.0. The molecule has 1 unspecified atom stereocenters. The fourth-order valence-electron chi connectivity index (χ4n) is 2.76. The van der Waals surface area contributed by atoms with Crippen molar-refractivity contribution < 1.29 is 14.2 Å². The molecule has 1 aromatic carbocycles. The van der Waals surface area contributed by atoms with E-state index in [1.54, 1.807) is 12.1 Å². The molecule has 100 valence electrons. The third kappa shape index (κ3) is 3.02. The fraction of sp³-hybridized carbons (Fsp3) is 0.600. The van der Waals surface area contributed by atoms with E-state index < -0.39 is 6.10 Å². The third-order valence-corrected chi connectivity index (χ3v) is 3.87. The number of rotatable bonds is 3. The second-order valence-corrected chi connectivity index (χ2v) is 5.08. The quantitative estimate of drug-likeness (QED) is 0.828. The SMILES string of the molecule is COc1ccc(C(O)C2CCCCCC2)c(F)c1. The van der Waals surface area contributed by atoms with Crippen LogP contribution in [0.1, 0.15) is 50.2 Å². The van der Waals surface area contributed by atoms with Crippen LogP contribution >= 0.6 is 0 Å². The van der Waals surface area contributed by atoms with Crippen molar-refractivity contribution in [2.45, 2.75) is 44.6 Å². The summed E-state index contributed by atoms with van der Waals surface area (Å²) in [5, 5.41) is 10.3. The molecule has 1 aliphatic rings. The van der Waals surface area contributed by atoms with Gasteiger partial charge in [0.25, 0.3) is 0 Å². The lowest BCUT2D eigenvalue weighted by Crippen LogP contribution is -2.13. The first-order valence-corrected chi connectivity index (χ1v) is 6.74. The van der Waals surface area contributed by atoms with Crippen LogP contribution in [0.15, 0.2) is 18.2 Å². The van der Waals surface area contributed by atoms with Crippen molar-refractivity contribution in [3.05, 3.63) is 29.6 Å². The number of hydrogen-bond donors (Lipinski definition) is 1. The van der Waals surface area contributed by atoms with E-state index in [0.717, 1.165) is 25.7 Å². The van der Waals surface area contributed by atoms with Crippen molar-refractivity contribution in [1.82, 2.24) is 0 Å². The number of halogens is 1. The molecular formula is C15H21FO2. The summed E-state index contributed by atoms with van der Waals surface area (Å²) in [6.07, 6.45) is 6.04. The van der Waals surface area contributed by atoms with Gasteiger partial charge < -0.3 is 9.84 Å². The standard InChI is InChI=1S/C15H21FO2/c1-18-12-8-9-13(14(16)10-12)15(17)11-6-4-2-3-5-7-11/h8-11,15,17H,2-7H2,1H3. The van der Waals surface area contributed by atoms with E-state index in [9.17, 15) is 9.50 Å². The summed E-state index contributed by atoms with van der Waals surface area (Å²) in [5.74, 6) is 0.311. The molecule has 3 heteroatoms. The summed E-state index contributed by atoms with van der Waals surface area (Å²) in [7, 11) is 1.51. The maximum Gasteiger partial charge on any atom is 0.132 e. The minimum atomic E-state index is -0.686. The molecule has 18 heavy (non-hydrogen) atoms. The Kier molecular flexibility index (Phi) is 4.59. The zero-order valence-electron chi connectivity index (χ0n) is 10.9. The first kappa shape index (κ1) is 13.3. The summed E-state index contributed by atoms with van der Waals surface area (Å²) < 4.78 is 18.9. The van der Waals surface area contributed by atoms with Gasteiger partial charge in [0.2, 0.25) is 0 Å². The highest BCUT2D eigenvalue weighted by molar-refractivity contribution is 5.30. The molecule has 1 aromatic rings. The monoisotopic (exact) mass is 252 g/mol. The molecule has 2 rings (SSSR count). The van der Waals surface area contributed by atoms with Gasteiger partial charge in [0.1, 0.15) is 11.6 Å². The number of ether oxygens (including phenoxy) is 1. The van der Waals surface area contributed by atoms with Gasteiger partial charge in [0, 0.05) is 11.6 Å². The lowest BCUT2D eigenvalue weighted by atomic mass is 9.89. The molecule has 0 aliphatic heterocycles. The zero-order valence-corrected chi connectivity index (χ0v) is 10.9. The van der Waals surface area contributed by atoms with Gasteiger partial charge in [0.15, 0.2) is 0 Å². The highest BCUT2D eigenvalue weighted by Gasteiger charge is 2.24. The average molecular weight is 252 g/mol. The predicted molar refractivity (Wildman–Crippen MR) is 69.1 cm³/mol. The molecule has 1 atom stereocenters. The van der Waals surface area contributed by atoms with E-state index in [1.165, 1.54) is 26.0 Å². The van der Waals surface area contributed by atoms with Crippen LogP contribution in [0.3, 0.4) is 0 Å². The number of benzene rings is 1. The van der Waals surface area contributed by atoms with Gasteiger partial charge in [-0.2, -0.15) is 0 Å². The van der Waals surface area contributed by atoms with Crippen LogP contribution in [0, 0.1) is 11.7 Å². The van der Waals surface area contributed by atoms with Crippen LogP contribution in [0.5, 0.6) is 5.75 Å². The molecular weight excluding hydrogens is 231 g/mol. The van der Waals surface area contributed by atoms with Crippen LogP contribution in [0.4, 0.5) is 4.39 Å². The molecule has 1 fully saturated rings. The Morgan fingerprint density at radius 2 is 1.89 bits per heavy atom. The summed E-state index contributed by atoms with van der Waals surface area (Å²) in [4.78, 5) is 0. The maximum atomic E-state index is 13.9. The molecule has 2 nitrogen and oxygen atoms in total. The largest absolute Gasteiger partial charge is 0.497 e. The van der Waals surface area contributed by atoms with E-state index >= 15 is 0 Å². The van der Waals surface area contributed by atoms with Gasteiger partial charge in [-0.25, -0.2) is 4.39 Å². The van der Waals surface area contributed by atoms with Gasteiger partial charge in [-0.1, -0.05) is 25.7 Å². The van der Waals surface area contributed by atoms with Gasteiger partial charge in [-0.15, -0.1) is 0 Å². The van der Waals surface area contributed by atoms with Crippen LogP contribution in [0.25, 0.3) is 0 Å². The van der Waals surface area contributed by atoms with E-state index in [-0.39, 0.29) is 11.7 Å². The van der Waals surface area contributed by atoms with Gasteiger partial charge in [0.05, 0.1) is 13.2 Å². The lowest BCUT2D eigenvalue weighted by molar-refractivity contribution is 0.0951. The predicted octanol–water partition coefficient (Wildman–Crippen LogP) is 3.84. The molecule has 0 spiro atoms. The second-order valence-electron chi connectivity index (χ2n) is 5.08. The highest BCUT2D eigenvalue weighted by atomic mass is 19.1. The van der Waals surface area contributed by atoms with E-state index in [2.05, 4.69) is 0 Å². The number of hydrogen-bond acceptors (Lipinski definition) is 2. The van der Waals surface area contributed by atoms with Gasteiger partial charge in [-0.3, -0.25) is 0 Å². The van der Waals surface area contributed by atoms with Crippen LogP contribution in [-0.4, -0.2) is 12.2 Å². The number of aliphatic hydroxyl groups is 1. The molecule has 0 aromatic heterocycles. The van der Waals surface area contributed by atoms with Crippen molar-refractivity contribution in [2.24, 2.45) is 5.92 Å². The Morgan fingerprint density at radius 1 is 1.22 bits per heavy atom. The molecule has 1 aliphatic carbocycles. The molecule has 0 saturated heterocycles. The van der Waals surface area contributed by atoms with E-state index in [1.807, 2.05) is 0 Å². The van der Waals surface area contributed by atoms with E-state index in [4.69, 9.17) is 4.74 Å². The third-order valence-electron chi connectivity index (χ3n) is 3.87. The summed E-state index contributed by atoms with van der Waals surface area (Å²) >= 11 is 0. The molecule has 0 bridgehead atoms. The number of aliphatic hydroxyl groups excluding tert-OH is 1. The fourth-order valence-corrected chi connectivity index (χ4v) is 2.76. The first-order chi connectivity index (χ1) is 8.72. The topological polar surface area (TPSA) is 29.5 Å². The van der Waals surface area contributed by atoms with E-state index in [0.29, 0.717) is 11.3 Å².